The Balaban J connectivity index is 2.92. The normalized spacial score (nSPS) is 12.0. The summed E-state index contributed by atoms with van der Waals surface area (Å²) in [5.74, 6) is 0. The van der Waals surface area contributed by atoms with Crippen LogP contribution >= 0.6 is 11.6 Å². The quantitative estimate of drug-likeness (QED) is 0.718. The van der Waals surface area contributed by atoms with Crippen LogP contribution in [-0.4, -0.2) is 9.78 Å². The summed E-state index contributed by atoms with van der Waals surface area (Å²) in [6, 6.07) is 3.65. The average Bonchev–Trinajstić information content (AvgIpc) is 2.15. The highest BCUT2D eigenvalue weighted by Gasteiger charge is 2.33. The number of benzene rings is 1. The lowest BCUT2D eigenvalue weighted by molar-refractivity contribution is -0.209. The van der Waals surface area contributed by atoms with Gasteiger partial charge in [0.1, 0.15) is 0 Å². The molecule has 0 atom stereocenters. The predicted octanol–water partition coefficient (Wildman–Crippen LogP) is 2.53. The molecule has 84 valence electrons. The van der Waals surface area contributed by atoms with E-state index in [0.717, 1.165) is 6.07 Å². The average molecular weight is 249 g/mol. The lowest BCUT2D eigenvalue weighted by Gasteiger charge is -2.11. The zero-order chi connectivity index (χ0) is 11.9. The van der Waals surface area contributed by atoms with Crippen molar-refractivity contribution in [3.63, 3.8) is 0 Å². The maximum absolute atomic E-state index is 12.5. The third kappa shape index (κ3) is 1.76. The summed E-state index contributed by atoms with van der Waals surface area (Å²) in [5.41, 5.74) is -0.931. The molecule has 7 heteroatoms. The molecule has 1 aromatic carbocycles. The first-order valence-corrected chi connectivity index (χ1v) is 4.52. The number of aromatic nitrogens is 2. The molecule has 0 bridgehead atoms. The number of fused-ring (bicyclic) bond motifs is 1. The molecule has 0 aliphatic heterocycles. The van der Waals surface area contributed by atoms with Crippen LogP contribution in [0.5, 0.6) is 0 Å². The van der Waals surface area contributed by atoms with Crippen molar-refractivity contribution in [2.24, 2.45) is 0 Å². The minimum atomic E-state index is -4.68. The number of alkyl halides is 3. The Morgan fingerprint density at radius 2 is 2.00 bits per heavy atom. The van der Waals surface area contributed by atoms with E-state index in [2.05, 4.69) is 5.10 Å². The highest BCUT2D eigenvalue weighted by molar-refractivity contribution is 6.31. The van der Waals surface area contributed by atoms with Gasteiger partial charge in [-0.25, -0.2) is 0 Å². The van der Waals surface area contributed by atoms with Gasteiger partial charge in [-0.05, 0) is 18.2 Å². The van der Waals surface area contributed by atoms with Gasteiger partial charge in [-0.3, -0.25) is 4.79 Å². The molecule has 2 aromatic rings. The smallest absolute Gasteiger partial charge is 0.287 e. The second-order valence-corrected chi connectivity index (χ2v) is 3.49. The molecule has 2 rings (SSSR count). The van der Waals surface area contributed by atoms with E-state index in [4.69, 9.17) is 11.6 Å². The predicted molar refractivity (Wildman–Crippen MR) is 52.3 cm³/mol. The Labute approximate surface area is 92.1 Å². The molecule has 0 fully saturated rings. The highest BCUT2D eigenvalue weighted by Crippen LogP contribution is 2.25. The van der Waals surface area contributed by atoms with Crippen molar-refractivity contribution in [3.8, 4) is 0 Å². The van der Waals surface area contributed by atoms with Gasteiger partial charge in [0, 0.05) is 10.4 Å². The molecule has 0 saturated heterocycles. The first-order valence-electron chi connectivity index (χ1n) is 4.14. The van der Waals surface area contributed by atoms with E-state index in [1.54, 1.807) is 0 Å². The third-order valence-electron chi connectivity index (χ3n) is 1.98. The molecule has 0 amide bonds. The maximum Gasteiger partial charge on any atom is 0.505 e. The second-order valence-electron chi connectivity index (χ2n) is 3.05. The standard InChI is InChI=1S/C9H4ClF3N2O/c10-5-1-2-6-7(3-5)15(9(11,12)13)14-4-8(6)16/h1-4H. The largest absolute Gasteiger partial charge is 0.505 e. The fourth-order valence-corrected chi connectivity index (χ4v) is 1.50. The first kappa shape index (κ1) is 10.9. The minimum absolute atomic E-state index is 0.0725. The van der Waals surface area contributed by atoms with Gasteiger partial charge >= 0.3 is 6.30 Å². The molecule has 16 heavy (non-hydrogen) atoms. The van der Waals surface area contributed by atoms with Crippen LogP contribution in [0.15, 0.2) is 29.2 Å². The number of rotatable bonds is 0. The van der Waals surface area contributed by atoms with Crippen molar-refractivity contribution in [2.75, 3.05) is 0 Å². The van der Waals surface area contributed by atoms with Crippen molar-refractivity contribution < 1.29 is 13.2 Å². The van der Waals surface area contributed by atoms with E-state index in [-0.39, 0.29) is 20.6 Å². The van der Waals surface area contributed by atoms with Gasteiger partial charge in [0.15, 0.2) is 0 Å². The van der Waals surface area contributed by atoms with Crippen molar-refractivity contribution in [2.45, 2.75) is 6.30 Å². The summed E-state index contributed by atoms with van der Waals surface area (Å²) in [5, 5.41) is 3.08. The van der Waals surface area contributed by atoms with Crippen LogP contribution in [0, 0.1) is 0 Å². The molecule has 0 aliphatic carbocycles. The summed E-state index contributed by atoms with van der Waals surface area (Å²) in [4.78, 5) is 11.3. The molecular formula is C9H4ClF3N2O. The molecule has 0 saturated carbocycles. The lowest BCUT2D eigenvalue weighted by atomic mass is 10.2. The summed E-state index contributed by atoms with van der Waals surface area (Å²) in [6.45, 7) is 0. The maximum atomic E-state index is 12.5. The van der Waals surface area contributed by atoms with Crippen molar-refractivity contribution in [1.29, 1.82) is 0 Å². The lowest BCUT2D eigenvalue weighted by Crippen LogP contribution is -2.23. The van der Waals surface area contributed by atoms with Crippen molar-refractivity contribution in [3.05, 3.63) is 39.6 Å². The Kier molecular flexibility index (Phi) is 2.38. The number of hydrogen-bond acceptors (Lipinski definition) is 2. The summed E-state index contributed by atoms with van der Waals surface area (Å²) in [6.07, 6.45) is -4.06. The van der Waals surface area contributed by atoms with E-state index in [1.165, 1.54) is 12.1 Å². The molecular weight excluding hydrogens is 245 g/mol. The Bertz CT molecular complexity index is 606. The summed E-state index contributed by atoms with van der Waals surface area (Å²) >= 11 is 5.58. The van der Waals surface area contributed by atoms with Crippen LogP contribution in [0.25, 0.3) is 10.9 Å². The highest BCUT2D eigenvalue weighted by atomic mass is 35.5. The topological polar surface area (TPSA) is 34.9 Å². The molecule has 1 heterocycles. The molecule has 3 nitrogen and oxygen atoms in total. The molecule has 0 aliphatic rings. The zero-order valence-corrected chi connectivity index (χ0v) is 8.38. The molecule has 0 unspecified atom stereocenters. The fraction of sp³-hybridized carbons (Fsp3) is 0.111. The third-order valence-corrected chi connectivity index (χ3v) is 2.22. The summed E-state index contributed by atoms with van der Waals surface area (Å²) < 4.78 is 37.4. The second kappa shape index (κ2) is 3.48. The number of halogens is 4. The molecule has 1 aromatic heterocycles. The van der Waals surface area contributed by atoms with Crippen LogP contribution in [0.2, 0.25) is 5.02 Å². The van der Waals surface area contributed by atoms with Crippen LogP contribution in [-0.2, 0) is 6.30 Å². The van der Waals surface area contributed by atoms with Gasteiger partial charge in [-0.15, -0.1) is 13.2 Å². The van der Waals surface area contributed by atoms with Crippen molar-refractivity contribution >= 4 is 22.5 Å². The van der Waals surface area contributed by atoms with Crippen LogP contribution in [0.3, 0.4) is 0 Å². The fourth-order valence-electron chi connectivity index (χ4n) is 1.33. The number of hydrogen-bond donors (Lipinski definition) is 0. The number of nitrogens with zero attached hydrogens (tertiary/aromatic N) is 2. The van der Waals surface area contributed by atoms with Gasteiger partial charge in [-0.1, -0.05) is 11.6 Å². The molecule has 0 N–H and O–H groups in total. The molecule has 0 spiro atoms. The van der Waals surface area contributed by atoms with E-state index in [1.807, 2.05) is 0 Å². The van der Waals surface area contributed by atoms with Crippen LogP contribution in [0.1, 0.15) is 0 Å². The van der Waals surface area contributed by atoms with Gasteiger partial charge in [-0.2, -0.15) is 9.78 Å². The van der Waals surface area contributed by atoms with E-state index >= 15 is 0 Å². The minimum Gasteiger partial charge on any atom is -0.287 e. The zero-order valence-electron chi connectivity index (χ0n) is 7.62. The SMILES string of the molecule is O=c1cnn(C(F)(F)F)c2cc(Cl)ccc12. The van der Waals surface area contributed by atoms with Crippen LogP contribution in [0.4, 0.5) is 13.2 Å². The van der Waals surface area contributed by atoms with Gasteiger partial charge < -0.3 is 0 Å². The van der Waals surface area contributed by atoms with Crippen LogP contribution < -0.4 is 5.43 Å². The molecule has 0 radical (unpaired) electrons. The van der Waals surface area contributed by atoms with Gasteiger partial charge in [0.05, 0.1) is 11.7 Å². The monoisotopic (exact) mass is 248 g/mol. The van der Waals surface area contributed by atoms with Gasteiger partial charge in [0.25, 0.3) is 0 Å². The van der Waals surface area contributed by atoms with E-state index in [9.17, 15) is 18.0 Å². The Morgan fingerprint density at radius 1 is 1.31 bits per heavy atom. The van der Waals surface area contributed by atoms with E-state index in [0.29, 0.717) is 6.20 Å². The summed E-state index contributed by atoms with van der Waals surface area (Å²) in [7, 11) is 0. The van der Waals surface area contributed by atoms with E-state index < -0.39 is 11.7 Å². The Hall–Kier alpha value is -1.56. The first-order chi connectivity index (χ1) is 7.39. The van der Waals surface area contributed by atoms with Crippen molar-refractivity contribution in [1.82, 2.24) is 9.78 Å². The Morgan fingerprint density at radius 3 is 2.62 bits per heavy atom. The van der Waals surface area contributed by atoms with Gasteiger partial charge in [0.2, 0.25) is 5.43 Å².